The van der Waals surface area contributed by atoms with Crippen molar-refractivity contribution in [3.8, 4) is 0 Å². The Bertz CT molecular complexity index is 660. The monoisotopic (exact) mass is 521 g/mol. The van der Waals surface area contributed by atoms with E-state index in [-0.39, 0.29) is 29.5 Å². The molecule has 1 atom stereocenters. The van der Waals surface area contributed by atoms with E-state index in [0.717, 1.165) is 52.2 Å². The topological polar surface area (TPSA) is 91.1 Å². The van der Waals surface area contributed by atoms with Crippen LogP contribution in [0.3, 0.4) is 0 Å². The summed E-state index contributed by atoms with van der Waals surface area (Å²) >= 11 is 0. The van der Waals surface area contributed by atoms with Gasteiger partial charge < -0.3 is 25.0 Å². The Morgan fingerprint density at radius 3 is 2.72 bits per heavy atom. The molecule has 3 N–H and O–H groups in total. The lowest BCUT2D eigenvalue weighted by atomic mass is 10.1. The molecule has 166 valence electrons. The van der Waals surface area contributed by atoms with Crippen molar-refractivity contribution >= 4 is 29.9 Å². The van der Waals surface area contributed by atoms with Gasteiger partial charge in [-0.1, -0.05) is 6.07 Å². The minimum Gasteiger partial charge on any atom is -0.387 e. The second kappa shape index (κ2) is 13.9. The van der Waals surface area contributed by atoms with E-state index in [9.17, 15) is 9.90 Å². The minimum atomic E-state index is -0.881. The molecule has 0 bridgehead atoms. The maximum atomic E-state index is 11.7. The summed E-state index contributed by atoms with van der Waals surface area (Å²) in [7, 11) is 0. The third-order valence-corrected chi connectivity index (χ3v) is 4.61. The summed E-state index contributed by atoms with van der Waals surface area (Å²) in [6.45, 7) is 10.1. The molecule has 9 heteroatoms. The number of halogens is 1. The Morgan fingerprint density at radius 1 is 1.28 bits per heavy atom. The first-order valence-corrected chi connectivity index (χ1v) is 10.2. The largest absolute Gasteiger partial charge is 0.387 e. The van der Waals surface area contributed by atoms with Crippen molar-refractivity contribution in [2.45, 2.75) is 38.8 Å². The smallest absolute Gasteiger partial charge is 0.250 e. The summed E-state index contributed by atoms with van der Waals surface area (Å²) in [6.07, 6.45) is 3.65. The summed E-state index contributed by atoms with van der Waals surface area (Å²) in [4.78, 5) is 18.4. The van der Waals surface area contributed by atoms with Crippen molar-refractivity contribution in [3.63, 3.8) is 0 Å². The molecule has 1 fully saturated rings. The third kappa shape index (κ3) is 10.4. The van der Waals surface area contributed by atoms with Crippen molar-refractivity contribution in [1.29, 1.82) is 0 Å². The molecule has 1 aromatic rings. The van der Waals surface area contributed by atoms with E-state index in [0.29, 0.717) is 25.6 Å². The maximum absolute atomic E-state index is 11.7. The summed E-state index contributed by atoms with van der Waals surface area (Å²) < 4.78 is 7.08. The van der Waals surface area contributed by atoms with Crippen molar-refractivity contribution < 1.29 is 9.84 Å². The fourth-order valence-electron chi connectivity index (χ4n) is 3.14. The third-order valence-electron chi connectivity index (χ3n) is 4.61. The van der Waals surface area contributed by atoms with Crippen LogP contribution in [0.25, 0.3) is 0 Å². The van der Waals surface area contributed by atoms with Crippen molar-refractivity contribution in [1.82, 2.24) is 20.1 Å². The highest BCUT2D eigenvalue weighted by molar-refractivity contribution is 14.0. The van der Waals surface area contributed by atoms with E-state index in [2.05, 4.69) is 20.5 Å². The van der Waals surface area contributed by atoms with Crippen molar-refractivity contribution in [3.05, 3.63) is 34.7 Å². The highest BCUT2D eigenvalue weighted by Crippen LogP contribution is 2.09. The standard InChI is InChI=1S/C20H35N5O3.HI/c1-3-21-19(22-9-5-7-11-25-10-6-4-8-18(25)26)23-16-20(2,27)17-24-12-14-28-15-13-24;/h4,6,8,10,27H,3,5,7,9,11-17H2,1-2H3,(H2,21,22,23);1H. The molecule has 1 unspecified atom stereocenters. The maximum Gasteiger partial charge on any atom is 0.250 e. The van der Waals surface area contributed by atoms with Crippen LogP contribution in [0.1, 0.15) is 26.7 Å². The second-order valence-corrected chi connectivity index (χ2v) is 7.45. The van der Waals surface area contributed by atoms with Crippen LogP contribution in [-0.4, -0.2) is 78.6 Å². The fourth-order valence-corrected chi connectivity index (χ4v) is 3.14. The van der Waals surface area contributed by atoms with Gasteiger partial charge in [0.1, 0.15) is 0 Å². The number of aliphatic hydroxyl groups is 1. The number of ether oxygens (including phenoxy) is 1. The zero-order chi connectivity index (χ0) is 20.2. The minimum absolute atomic E-state index is 0. The van der Waals surface area contributed by atoms with E-state index in [1.54, 1.807) is 16.7 Å². The Labute approximate surface area is 190 Å². The molecule has 29 heavy (non-hydrogen) atoms. The Hall–Kier alpha value is -1.17. The zero-order valence-corrected chi connectivity index (χ0v) is 19.9. The lowest BCUT2D eigenvalue weighted by Crippen LogP contribution is -2.48. The Morgan fingerprint density at radius 2 is 2.03 bits per heavy atom. The lowest BCUT2D eigenvalue weighted by Gasteiger charge is -2.33. The molecule has 0 spiro atoms. The van der Waals surface area contributed by atoms with Crippen LogP contribution in [0.4, 0.5) is 0 Å². The number of hydrogen-bond acceptors (Lipinski definition) is 5. The predicted molar refractivity (Wildman–Crippen MR) is 127 cm³/mol. The first kappa shape index (κ1) is 25.9. The van der Waals surface area contributed by atoms with E-state index in [4.69, 9.17) is 4.74 Å². The predicted octanol–water partition coefficient (Wildman–Crippen LogP) is 0.885. The number of aliphatic imine (C=N–C) groups is 1. The molecular formula is C20H36IN5O3. The molecule has 1 aliphatic rings. The average Bonchev–Trinajstić information content (AvgIpc) is 2.67. The molecule has 8 nitrogen and oxygen atoms in total. The van der Waals surface area contributed by atoms with Crippen LogP contribution in [0.5, 0.6) is 0 Å². The molecule has 0 amide bonds. The van der Waals surface area contributed by atoms with Crippen LogP contribution in [0.15, 0.2) is 34.2 Å². The average molecular weight is 521 g/mol. The second-order valence-electron chi connectivity index (χ2n) is 7.45. The zero-order valence-electron chi connectivity index (χ0n) is 17.6. The number of unbranched alkanes of at least 4 members (excludes halogenated alkanes) is 1. The lowest BCUT2D eigenvalue weighted by molar-refractivity contribution is -0.0179. The van der Waals surface area contributed by atoms with Crippen molar-refractivity contribution in [2.75, 3.05) is 52.5 Å². The summed E-state index contributed by atoms with van der Waals surface area (Å²) in [5.41, 5.74) is -0.846. The summed E-state index contributed by atoms with van der Waals surface area (Å²) in [5, 5.41) is 17.2. The number of hydrogen-bond donors (Lipinski definition) is 3. The number of rotatable bonds is 10. The summed E-state index contributed by atoms with van der Waals surface area (Å²) in [6, 6.07) is 5.21. The van der Waals surface area contributed by atoms with E-state index >= 15 is 0 Å². The number of nitrogens with one attached hydrogen (secondary N) is 2. The van der Waals surface area contributed by atoms with E-state index in [1.807, 2.05) is 26.1 Å². The molecule has 1 saturated heterocycles. The van der Waals surface area contributed by atoms with Gasteiger partial charge in [-0.05, 0) is 32.8 Å². The fraction of sp³-hybridized carbons (Fsp3) is 0.700. The number of aromatic nitrogens is 1. The van der Waals surface area contributed by atoms with E-state index < -0.39 is 5.60 Å². The molecule has 0 aromatic carbocycles. The molecular weight excluding hydrogens is 485 g/mol. The van der Waals surface area contributed by atoms with Crippen LogP contribution >= 0.6 is 24.0 Å². The number of morpholine rings is 1. The van der Waals surface area contributed by atoms with Gasteiger partial charge in [0.25, 0.3) is 0 Å². The van der Waals surface area contributed by atoms with Gasteiger partial charge in [0.2, 0.25) is 5.56 Å². The van der Waals surface area contributed by atoms with Gasteiger partial charge in [0.05, 0.1) is 25.4 Å². The summed E-state index contributed by atoms with van der Waals surface area (Å²) in [5.74, 6) is 0.710. The van der Waals surface area contributed by atoms with E-state index in [1.165, 1.54) is 0 Å². The highest BCUT2D eigenvalue weighted by atomic mass is 127. The Kier molecular flexibility index (Phi) is 12.4. The first-order chi connectivity index (χ1) is 13.5. The van der Waals surface area contributed by atoms with Gasteiger partial charge in [0, 0.05) is 51.5 Å². The van der Waals surface area contributed by atoms with Gasteiger partial charge in [0.15, 0.2) is 5.96 Å². The molecule has 0 aliphatic carbocycles. The van der Waals surface area contributed by atoms with Crippen LogP contribution in [0, 0.1) is 0 Å². The number of β-amino-alcohol motifs (C(OH)–C–C–N with tert-alkyl or cyclic N) is 1. The highest BCUT2D eigenvalue weighted by Gasteiger charge is 2.25. The molecule has 2 rings (SSSR count). The van der Waals surface area contributed by atoms with Gasteiger partial charge in [-0.3, -0.25) is 14.7 Å². The molecule has 0 radical (unpaired) electrons. The molecule has 2 heterocycles. The van der Waals surface area contributed by atoms with Crippen LogP contribution < -0.4 is 16.2 Å². The number of nitrogens with zero attached hydrogens (tertiary/aromatic N) is 3. The van der Waals surface area contributed by atoms with Crippen molar-refractivity contribution in [2.24, 2.45) is 4.99 Å². The van der Waals surface area contributed by atoms with Crippen LogP contribution in [0.2, 0.25) is 0 Å². The van der Waals surface area contributed by atoms with Gasteiger partial charge in [-0.25, -0.2) is 0 Å². The normalized spacial score (nSPS) is 17.3. The number of aryl methyl sites for hydroxylation is 1. The van der Waals surface area contributed by atoms with Gasteiger partial charge in [-0.2, -0.15) is 0 Å². The molecule has 1 aliphatic heterocycles. The quantitative estimate of drug-likeness (QED) is 0.183. The molecule has 1 aromatic heterocycles. The molecule has 0 saturated carbocycles. The van der Waals surface area contributed by atoms with Gasteiger partial charge >= 0.3 is 0 Å². The van der Waals surface area contributed by atoms with Gasteiger partial charge in [-0.15, -0.1) is 24.0 Å². The first-order valence-electron chi connectivity index (χ1n) is 10.2. The SMILES string of the molecule is CCNC(=NCC(C)(O)CN1CCOCC1)NCCCCn1ccccc1=O.I. The number of pyridine rings is 1. The Balaban J connectivity index is 0.00000420. The number of guanidine groups is 1. The van der Waals surface area contributed by atoms with Crippen LogP contribution in [-0.2, 0) is 11.3 Å².